The molecule has 1 aliphatic rings. The first-order valence-corrected chi connectivity index (χ1v) is 4.11. The third kappa shape index (κ3) is 0.903. The fourth-order valence-electron chi connectivity index (χ4n) is 1.14. The normalized spacial score (nSPS) is 22.7. The van der Waals surface area contributed by atoms with E-state index in [1.165, 1.54) is 0 Å². The largest absolute Gasteiger partial charge is 0.344 e. The molecule has 0 radical (unpaired) electrons. The van der Waals surface area contributed by atoms with E-state index in [9.17, 15) is 4.79 Å². The lowest BCUT2D eigenvalue weighted by atomic mass is 9.83. The van der Waals surface area contributed by atoms with Crippen LogP contribution < -0.4 is 0 Å². The van der Waals surface area contributed by atoms with E-state index < -0.39 is 5.41 Å². The summed E-state index contributed by atoms with van der Waals surface area (Å²) in [7, 11) is 1.75. The molecule has 1 rings (SSSR count). The molecule has 1 aliphatic heterocycles. The van der Waals surface area contributed by atoms with Crippen LogP contribution in [0.1, 0.15) is 0 Å². The maximum Gasteiger partial charge on any atom is 0.232 e. The standard InChI is InChI=1S/C6H9Cl2NO/c1-9-4-6(2-7,3-8)5(9)10/h2-4H2,1H3. The maximum absolute atomic E-state index is 11.1. The summed E-state index contributed by atoms with van der Waals surface area (Å²) in [6.07, 6.45) is 0. The molecule has 0 unspecified atom stereocenters. The summed E-state index contributed by atoms with van der Waals surface area (Å²) in [6.45, 7) is 0.693. The van der Waals surface area contributed by atoms with Gasteiger partial charge < -0.3 is 4.90 Å². The highest BCUT2D eigenvalue weighted by Gasteiger charge is 2.49. The highest BCUT2D eigenvalue weighted by molar-refractivity contribution is 6.24. The zero-order valence-corrected chi connectivity index (χ0v) is 7.24. The zero-order valence-electron chi connectivity index (χ0n) is 5.73. The van der Waals surface area contributed by atoms with Crippen LogP contribution in [0.2, 0.25) is 0 Å². The maximum atomic E-state index is 11.1. The van der Waals surface area contributed by atoms with Crippen LogP contribution in [0.3, 0.4) is 0 Å². The number of alkyl halides is 2. The number of rotatable bonds is 2. The molecule has 0 spiro atoms. The summed E-state index contributed by atoms with van der Waals surface area (Å²) in [6, 6.07) is 0. The first-order chi connectivity index (χ1) is 4.66. The highest BCUT2D eigenvalue weighted by atomic mass is 35.5. The van der Waals surface area contributed by atoms with Gasteiger partial charge in [-0.3, -0.25) is 4.79 Å². The van der Waals surface area contributed by atoms with Gasteiger partial charge in [-0.15, -0.1) is 23.2 Å². The first kappa shape index (κ1) is 8.15. The van der Waals surface area contributed by atoms with Gasteiger partial charge in [0.1, 0.15) is 0 Å². The van der Waals surface area contributed by atoms with Crippen LogP contribution in [-0.2, 0) is 4.79 Å². The highest BCUT2D eigenvalue weighted by Crippen LogP contribution is 2.33. The molecule has 1 amide bonds. The molecule has 0 aromatic carbocycles. The van der Waals surface area contributed by atoms with Crippen LogP contribution in [0.4, 0.5) is 0 Å². The van der Waals surface area contributed by atoms with Crippen LogP contribution in [-0.4, -0.2) is 36.2 Å². The number of amides is 1. The molecule has 2 nitrogen and oxygen atoms in total. The second-order valence-electron chi connectivity index (χ2n) is 2.71. The molecule has 1 fully saturated rings. The molecule has 0 saturated carbocycles. The summed E-state index contributed by atoms with van der Waals surface area (Å²) in [5.41, 5.74) is -0.447. The van der Waals surface area contributed by atoms with Gasteiger partial charge in [-0.25, -0.2) is 0 Å². The Hall–Kier alpha value is 0.0500. The van der Waals surface area contributed by atoms with Gasteiger partial charge in [0.25, 0.3) is 0 Å². The SMILES string of the molecule is CN1CC(CCl)(CCl)C1=O. The van der Waals surface area contributed by atoms with Crippen molar-refractivity contribution in [2.75, 3.05) is 25.4 Å². The molecular formula is C6H9Cl2NO. The monoisotopic (exact) mass is 181 g/mol. The third-order valence-corrected chi connectivity index (χ3v) is 2.87. The predicted molar refractivity (Wildman–Crippen MR) is 41.5 cm³/mol. The lowest BCUT2D eigenvalue weighted by Gasteiger charge is -2.44. The first-order valence-electron chi connectivity index (χ1n) is 3.04. The van der Waals surface area contributed by atoms with Gasteiger partial charge in [-0.2, -0.15) is 0 Å². The molecule has 0 aromatic rings. The Morgan fingerprint density at radius 2 is 2.10 bits per heavy atom. The predicted octanol–water partition coefficient (Wildman–Crippen LogP) is 0.922. The average Bonchev–Trinajstić information content (AvgIpc) is 1.99. The minimum absolute atomic E-state index is 0.0671. The van der Waals surface area contributed by atoms with Crippen molar-refractivity contribution in [3.05, 3.63) is 0 Å². The molecule has 58 valence electrons. The van der Waals surface area contributed by atoms with Crippen LogP contribution in [0, 0.1) is 5.41 Å². The summed E-state index contributed by atoms with van der Waals surface area (Å²) in [5.74, 6) is 0.733. The number of hydrogen-bond acceptors (Lipinski definition) is 1. The second kappa shape index (κ2) is 2.59. The van der Waals surface area contributed by atoms with Gasteiger partial charge in [0.2, 0.25) is 5.91 Å². The number of β-lactam (4-membered cyclic amide) rings is 1. The quantitative estimate of drug-likeness (QED) is 0.459. The van der Waals surface area contributed by atoms with Crippen LogP contribution >= 0.6 is 23.2 Å². The van der Waals surface area contributed by atoms with Crippen LogP contribution in [0.25, 0.3) is 0 Å². The molecule has 0 bridgehead atoms. The number of hydrogen-bond donors (Lipinski definition) is 0. The van der Waals surface area contributed by atoms with E-state index in [4.69, 9.17) is 23.2 Å². The van der Waals surface area contributed by atoms with Crippen molar-refractivity contribution in [3.63, 3.8) is 0 Å². The Balaban J connectivity index is 2.63. The van der Waals surface area contributed by atoms with E-state index in [1.807, 2.05) is 0 Å². The van der Waals surface area contributed by atoms with Gasteiger partial charge in [-0.1, -0.05) is 0 Å². The Morgan fingerprint density at radius 3 is 2.20 bits per heavy atom. The fourth-order valence-corrected chi connectivity index (χ4v) is 1.82. The molecule has 0 atom stereocenters. The molecule has 0 N–H and O–H groups in total. The summed E-state index contributed by atoms with van der Waals surface area (Å²) in [5, 5.41) is 0. The average molecular weight is 182 g/mol. The smallest absolute Gasteiger partial charge is 0.232 e. The van der Waals surface area contributed by atoms with Crippen LogP contribution in [0.15, 0.2) is 0 Å². The molecule has 0 aromatic heterocycles. The van der Waals surface area contributed by atoms with Gasteiger partial charge >= 0.3 is 0 Å². The minimum Gasteiger partial charge on any atom is -0.344 e. The Labute approximate surface area is 70.1 Å². The molecule has 10 heavy (non-hydrogen) atoms. The fraction of sp³-hybridized carbons (Fsp3) is 0.833. The van der Waals surface area contributed by atoms with Crippen molar-refractivity contribution >= 4 is 29.1 Å². The summed E-state index contributed by atoms with van der Waals surface area (Å²) in [4.78, 5) is 12.7. The van der Waals surface area contributed by atoms with Gasteiger partial charge in [-0.05, 0) is 0 Å². The van der Waals surface area contributed by atoms with Crippen molar-refractivity contribution in [2.45, 2.75) is 0 Å². The lowest BCUT2D eigenvalue weighted by Crippen LogP contribution is -2.61. The molecule has 0 aliphatic carbocycles. The van der Waals surface area contributed by atoms with E-state index in [0.29, 0.717) is 18.3 Å². The number of likely N-dealkylation sites (tertiary alicyclic amines) is 1. The number of carbonyl (C=O) groups excluding carboxylic acids is 1. The summed E-state index contributed by atoms with van der Waals surface area (Å²) >= 11 is 11.2. The van der Waals surface area contributed by atoms with E-state index in [2.05, 4.69) is 0 Å². The summed E-state index contributed by atoms with van der Waals surface area (Å²) < 4.78 is 0. The minimum atomic E-state index is -0.447. The zero-order chi connectivity index (χ0) is 7.78. The second-order valence-corrected chi connectivity index (χ2v) is 3.24. The van der Waals surface area contributed by atoms with Crippen molar-refractivity contribution in [2.24, 2.45) is 5.41 Å². The Bertz CT molecular complexity index is 156. The van der Waals surface area contributed by atoms with Crippen molar-refractivity contribution in [3.8, 4) is 0 Å². The van der Waals surface area contributed by atoms with E-state index in [1.54, 1.807) is 11.9 Å². The van der Waals surface area contributed by atoms with Gasteiger partial charge in [0, 0.05) is 25.4 Å². The Kier molecular flexibility index (Phi) is 2.11. The molecule has 1 saturated heterocycles. The van der Waals surface area contributed by atoms with Crippen molar-refractivity contribution in [1.29, 1.82) is 0 Å². The Morgan fingerprint density at radius 1 is 1.60 bits per heavy atom. The molecule has 1 heterocycles. The number of carbonyl (C=O) groups is 1. The third-order valence-electron chi connectivity index (χ3n) is 1.85. The van der Waals surface area contributed by atoms with E-state index in [-0.39, 0.29) is 5.91 Å². The van der Waals surface area contributed by atoms with E-state index in [0.717, 1.165) is 0 Å². The topological polar surface area (TPSA) is 20.3 Å². The number of halogens is 2. The molecule has 4 heteroatoms. The van der Waals surface area contributed by atoms with Crippen molar-refractivity contribution < 1.29 is 4.79 Å². The van der Waals surface area contributed by atoms with Gasteiger partial charge in [0.05, 0.1) is 5.41 Å². The van der Waals surface area contributed by atoms with Gasteiger partial charge in [0.15, 0.2) is 0 Å². The van der Waals surface area contributed by atoms with Crippen LogP contribution in [0.5, 0.6) is 0 Å². The lowest BCUT2D eigenvalue weighted by molar-refractivity contribution is -0.153. The number of nitrogens with zero attached hydrogens (tertiary/aromatic N) is 1. The molecular weight excluding hydrogens is 173 g/mol. The van der Waals surface area contributed by atoms with E-state index >= 15 is 0 Å². The van der Waals surface area contributed by atoms with Crippen molar-refractivity contribution in [1.82, 2.24) is 4.90 Å².